The number of carbonyl (C=O) groups is 1. The van der Waals surface area contributed by atoms with Gasteiger partial charge in [-0.05, 0) is 37.8 Å². The molecule has 1 aliphatic rings. The van der Waals surface area contributed by atoms with E-state index in [1.807, 2.05) is 42.3 Å². The van der Waals surface area contributed by atoms with Crippen molar-refractivity contribution in [1.82, 2.24) is 15.0 Å². The Kier molecular flexibility index (Phi) is 4.74. The van der Waals surface area contributed by atoms with Crippen molar-refractivity contribution in [3.8, 4) is 10.6 Å². The number of pyridine rings is 1. The van der Waals surface area contributed by atoms with E-state index in [1.54, 1.807) is 11.3 Å². The fraction of sp³-hybridized carbons (Fsp3) is 0.421. The van der Waals surface area contributed by atoms with Crippen molar-refractivity contribution < 1.29 is 14.1 Å². The number of nitrogens with zero attached hydrogens (tertiary/aromatic N) is 3. The Bertz CT molecular complexity index is 914. The van der Waals surface area contributed by atoms with Crippen molar-refractivity contribution in [2.24, 2.45) is 5.92 Å². The first-order valence-corrected chi connectivity index (χ1v) is 9.73. The molecule has 0 spiro atoms. The molecule has 0 radical (unpaired) electrons. The van der Waals surface area contributed by atoms with Gasteiger partial charge in [-0.2, -0.15) is 0 Å². The first kappa shape index (κ1) is 17.2. The van der Waals surface area contributed by atoms with E-state index in [0.29, 0.717) is 41.4 Å². The van der Waals surface area contributed by atoms with Gasteiger partial charge < -0.3 is 14.2 Å². The normalized spacial score (nSPS) is 17.1. The van der Waals surface area contributed by atoms with Crippen molar-refractivity contribution in [1.29, 1.82) is 0 Å². The van der Waals surface area contributed by atoms with Crippen LogP contribution in [0.2, 0.25) is 0 Å². The number of aromatic nitrogens is 2. The van der Waals surface area contributed by atoms with Gasteiger partial charge in [-0.1, -0.05) is 11.2 Å². The van der Waals surface area contributed by atoms with Gasteiger partial charge in [-0.15, -0.1) is 11.3 Å². The van der Waals surface area contributed by atoms with E-state index in [-0.39, 0.29) is 5.91 Å². The van der Waals surface area contributed by atoms with Crippen molar-refractivity contribution in [3.63, 3.8) is 0 Å². The van der Waals surface area contributed by atoms with Crippen LogP contribution >= 0.6 is 11.3 Å². The van der Waals surface area contributed by atoms with Gasteiger partial charge in [-0.25, -0.2) is 4.98 Å². The lowest BCUT2D eigenvalue weighted by Crippen LogP contribution is -2.35. The SMILES string of the molecule is CCN(CC1CCOC1)C(=O)c1cc(-c2cccs2)nc2onc(C)c12. The summed E-state index contributed by atoms with van der Waals surface area (Å²) in [5.41, 5.74) is 2.45. The molecule has 1 saturated heterocycles. The van der Waals surface area contributed by atoms with Gasteiger partial charge in [0.2, 0.25) is 0 Å². The second-order valence-corrected chi connectivity index (χ2v) is 7.50. The van der Waals surface area contributed by atoms with Gasteiger partial charge in [0.15, 0.2) is 0 Å². The van der Waals surface area contributed by atoms with Crippen molar-refractivity contribution in [2.75, 3.05) is 26.3 Å². The van der Waals surface area contributed by atoms with Crippen molar-refractivity contribution in [3.05, 3.63) is 34.8 Å². The number of aryl methyl sites for hydroxylation is 1. The molecule has 1 unspecified atom stereocenters. The second-order valence-electron chi connectivity index (χ2n) is 6.55. The Morgan fingerprint density at radius 2 is 2.35 bits per heavy atom. The second kappa shape index (κ2) is 7.17. The zero-order valence-corrected chi connectivity index (χ0v) is 15.7. The lowest BCUT2D eigenvalue weighted by molar-refractivity contribution is 0.0732. The molecular weight excluding hydrogens is 350 g/mol. The first-order valence-electron chi connectivity index (χ1n) is 8.85. The minimum Gasteiger partial charge on any atom is -0.381 e. The molecule has 4 heterocycles. The van der Waals surface area contributed by atoms with Crippen LogP contribution in [-0.2, 0) is 4.74 Å². The maximum atomic E-state index is 13.3. The van der Waals surface area contributed by atoms with Crippen LogP contribution in [0.15, 0.2) is 28.1 Å². The highest BCUT2D eigenvalue weighted by molar-refractivity contribution is 7.13. The average Bonchev–Trinajstić information content (AvgIpc) is 3.41. The van der Waals surface area contributed by atoms with Crippen LogP contribution in [-0.4, -0.2) is 47.3 Å². The van der Waals surface area contributed by atoms with E-state index in [2.05, 4.69) is 10.1 Å². The molecular formula is C19H21N3O3S. The highest BCUT2D eigenvalue weighted by Crippen LogP contribution is 2.30. The van der Waals surface area contributed by atoms with Gasteiger partial charge in [0.05, 0.1) is 33.8 Å². The van der Waals surface area contributed by atoms with Gasteiger partial charge in [0, 0.05) is 25.6 Å². The minimum atomic E-state index is -0.00379. The Hall–Kier alpha value is -2.25. The largest absolute Gasteiger partial charge is 0.381 e. The lowest BCUT2D eigenvalue weighted by atomic mass is 10.1. The van der Waals surface area contributed by atoms with E-state index in [1.165, 1.54) is 0 Å². The summed E-state index contributed by atoms with van der Waals surface area (Å²) < 4.78 is 10.8. The summed E-state index contributed by atoms with van der Waals surface area (Å²) in [4.78, 5) is 20.8. The number of thiophene rings is 1. The molecule has 3 aromatic heterocycles. The smallest absolute Gasteiger partial charge is 0.259 e. The molecule has 3 aromatic rings. The maximum Gasteiger partial charge on any atom is 0.259 e. The fourth-order valence-corrected chi connectivity index (χ4v) is 4.07. The predicted octanol–water partition coefficient (Wildman–Crippen LogP) is 3.76. The predicted molar refractivity (Wildman–Crippen MR) is 100 cm³/mol. The molecule has 0 aromatic carbocycles. The minimum absolute atomic E-state index is 0.00379. The number of carbonyl (C=O) groups excluding carboxylic acids is 1. The summed E-state index contributed by atoms with van der Waals surface area (Å²) in [6.07, 6.45) is 1.00. The molecule has 0 aliphatic carbocycles. The Morgan fingerprint density at radius 1 is 1.46 bits per heavy atom. The molecule has 0 bridgehead atoms. The van der Waals surface area contributed by atoms with Crippen LogP contribution in [0, 0.1) is 12.8 Å². The number of ether oxygens (including phenoxy) is 1. The van der Waals surface area contributed by atoms with Crippen LogP contribution in [0.25, 0.3) is 21.7 Å². The Balaban J connectivity index is 1.75. The highest BCUT2D eigenvalue weighted by Gasteiger charge is 2.26. The Morgan fingerprint density at radius 3 is 3.04 bits per heavy atom. The number of fused-ring (bicyclic) bond motifs is 1. The molecule has 6 nitrogen and oxygen atoms in total. The van der Waals surface area contributed by atoms with Crippen LogP contribution < -0.4 is 0 Å². The van der Waals surface area contributed by atoms with E-state index < -0.39 is 0 Å². The standard InChI is InChI=1S/C19H21N3O3S/c1-3-22(10-13-6-7-24-11-13)19(23)14-9-15(16-5-4-8-26-16)20-18-17(14)12(2)21-25-18/h4-5,8-9,13H,3,6-7,10-11H2,1-2H3. The first-order chi connectivity index (χ1) is 12.7. The molecule has 0 saturated carbocycles. The third-order valence-electron chi connectivity index (χ3n) is 4.79. The van der Waals surface area contributed by atoms with E-state index in [0.717, 1.165) is 30.2 Å². The van der Waals surface area contributed by atoms with Gasteiger partial charge in [0.25, 0.3) is 11.6 Å². The topological polar surface area (TPSA) is 68.5 Å². The monoisotopic (exact) mass is 371 g/mol. The maximum absolute atomic E-state index is 13.3. The number of amides is 1. The fourth-order valence-electron chi connectivity index (χ4n) is 3.38. The molecule has 136 valence electrons. The van der Waals surface area contributed by atoms with Gasteiger partial charge >= 0.3 is 0 Å². The summed E-state index contributed by atoms with van der Waals surface area (Å²) in [7, 11) is 0. The van der Waals surface area contributed by atoms with Crippen LogP contribution in [0.3, 0.4) is 0 Å². The summed E-state index contributed by atoms with van der Waals surface area (Å²) in [5, 5.41) is 6.72. The molecule has 0 N–H and O–H groups in total. The molecule has 1 fully saturated rings. The van der Waals surface area contributed by atoms with Gasteiger partial charge in [0.1, 0.15) is 0 Å². The molecule has 26 heavy (non-hydrogen) atoms. The van der Waals surface area contributed by atoms with Crippen LogP contribution in [0.1, 0.15) is 29.4 Å². The van der Waals surface area contributed by atoms with Crippen molar-refractivity contribution in [2.45, 2.75) is 20.3 Å². The highest BCUT2D eigenvalue weighted by atomic mass is 32.1. The lowest BCUT2D eigenvalue weighted by Gasteiger charge is -2.24. The van der Waals surface area contributed by atoms with Gasteiger partial charge in [-0.3, -0.25) is 4.79 Å². The quantitative estimate of drug-likeness (QED) is 0.683. The zero-order valence-electron chi connectivity index (χ0n) is 14.9. The molecule has 1 aliphatic heterocycles. The van der Waals surface area contributed by atoms with Crippen LogP contribution in [0.4, 0.5) is 0 Å². The summed E-state index contributed by atoms with van der Waals surface area (Å²) in [5.74, 6) is 0.396. The third kappa shape index (κ3) is 3.12. The van der Waals surface area contributed by atoms with Crippen LogP contribution in [0.5, 0.6) is 0 Å². The number of rotatable bonds is 5. The summed E-state index contributed by atoms with van der Waals surface area (Å²) >= 11 is 1.59. The summed E-state index contributed by atoms with van der Waals surface area (Å²) in [6, 6.07) is 5.83. The van der Waals surface area contributed by atoms with E-state index in [9.17, 15) is 4.79 Å². The molecule has 1 atom stereocenters. The van der Waals surface area contributed by atoms with Crippen molar-refractivity contribution >= 4 is 28.3 Å². The van der Waals surface area contributed by atoms with E-state index >= 15 is 0 Å². The molecule has 7 heteroatoms. The number of hydrogen-bond acceptors (Lipinski definition) is 6. The average molecular weight is 371 g/mol. The molecule has 1 amide bonds. The van der Waals surface area contributed by atoms with E-state index in [4.69, 9.17) is 9.26 Å². The third-order valence-corrected chi connectivity index (χ3v) is 5.69. The molecule has 4 rings (SSSR count). The number of hydrogen-bond donors (Lipinski definition) is 0. The zero-order chi connectivity index (χ0) is 18.1. The summed E-state index contributed by atoms with van der Waals surface area (Å²) in [6.45, 7) is 6.71. The Labute approximate surface area is 155 Å².